The van der Waals surface area contributed by atoms with Gasteiger partial charge in [0.2, 0.25) is 0 Å². The summed E-state index contributed by atoms with van der Waals surface area (Å²) in [6, 6.07) is -0.00357. The first-order valence-electron chi connectivity index (χ1n) is 5.86. The summed E-state index contributed by atoms with van der Waals surface area (Å²) in [6.07, 6.45) is -1.06. The van der Waals surface area contributed by atoms with Crippen molar-refractivity contribution in [1.82, 2.24) is 0 Å². The van der Waals surface area contributed by atoms with Gasteiger partial charge in [0.15, 0.2) is 17.5 Å². The summed E-state index contributed by atoms with van der Waals surface area (Å²) in [4.78, 5) is 10.00. The lowest BCUT2D eigenvalue weighted by atomic mass is 9.84. The predicted molar refractivity (Wildman–Crippen MR) is 64.8 cm³/mol. The quantitative estimate of drug-likeness (QED) is 0.299. The molecule has 2 rings (SSSR count). The van der Waals surface area contributed by atoms with Gasteiger partial charge in [-0.15, -0.1) is 0 Å². The van der Waals surface area contributed by atoms with Crippen LogP contribution < -0.4 is 0 Å². The summed E-state index contributed by atoms with van der Waals surface area (Å²) in [5, 5.41) is 20.5. The molecule has 2 unspecified atom stereocenters. The van der Waals surface area contributed by atoms with Crippen LogP contribution in [0.4, 0.5) is 22.0 Å². The molecule has 1 aromatic carbocycles. The minimum atomic E-state index is -2.28. The van der Waals surface area contributed by atoms with E-state index in [-0.39, 0.29) is 6.07 Å². The number of nitro groups is 1. The third-order valence-electron chi connectivity index (χ3n) is 3.37. The Morgan fingerprint density at radius 3 is 2.32 bits per heavy atom. The maximum atomic E-state index is 13.8. The molecule has 1 aliphatic carbocycles. The van der Waals surface area contributed by atoms with Gasteiger partial charge in [-0.25, -0.2) is 22.0 Å². The van der Waals surface area contributed by atoms with E-state index in [1.165, 1.54) is 0 Å². The monoisotopic (exact) mass is 321 g/mol. The summed E-state index contributed by atoms with van der Waals surface area (Å²) in [5.41, 5.74) is -4.54. The van der Waals surface area contributed by atoms with Crippen LogP contribution in [0.25, 0.3) is 5.57 Å². The van der Waals surface area contributed by atoms with E-state index in [0.717, 1.165) is 6.92 Å². The Hall–Kier alpha value is -2.29. The van der Waals surface area contributed by atoms with E-state index < -0.39 is 56.8 Å². The van der Waals surface area contributed by atoms with Gasteiger partial charge in [-0.1, -0.05) is 0 Å². The highest BCUT2D eigenvalue weighted by Gasteiger charge is 2.46. The molecule has 0 radical (unpaired) electrons. The highest BCUT2D eigenvalue weighted by Crippen LogP contribution is 2.38. The zero-order chi connectivity index (χ0) is 16.8. The Balaban J connectivity index is 2.74. The first-order chi connectivity index (χ1) is 10.1. The first-order valence-corrected chi connectivity index (χ1v) is 5.86. The molecule has 0 fully saturated rings. The molecule has 0 bridgehead atoms. The van der Waals surface area contributed by atoms with E-state index in [4.69, 9.17) is 0 Å². The Labute approximate surface area is 120 Å². The van der Waals surface area contributed by atoms with Gasteiger partial charge in [0.05, 0.1) is 5.56 Å². The molecule has 0 spiro atoms. The molecule has 0 aliphatic heterocycles. The van der Waals surface area contributed by atoms with Crippen molar-refractivity contribution in [2.24, 2.45) is 0 Å². The second-order valence-electron chi connectivity index (χ2n) is 4.84. The molecule has 1 aliphatic rings. The number of nitrogens with zero attached hydrogens (tertiary/aromatic N) is 1. The smallest absolute Gasteiger partial charge is 0.267 e. The number of aliphatic hydroxyl groups is 1. The third kappa shape index (κ3) is 2.27. The molecule has 4 nitrogen and oxygen atoms in total. The number of hydrogen-bond acceptors (Lipinski definition) is 3. The van der Waals surface area contributed by atoms with Crippen LogP contribution in [0.1, 0.15) is 12.5 Å². The molecule has 0 saturated heterocycles. The second kappa shape index (κ2) is 5.16. The summed E-state index contributed by atoms with van der Waals surface area (Å²) >= 11 is 0. The lowest BCUT2D eigenvalue weighted by molar-refractivity contribution is -0.560. The van der Waals surface area contributed by atoms with Crippen molar-refractivity contribution in [2.45, 2.75) is 18.6 Å². The lowest BCUT2D eigenvalue weighted by Crippen LogP contribution is -2.45. The fourth-order valence-electron chi connectivity index (χ4n) is 2.01. The Morgan fingerprint density at radius 2 is 1.77 bits per heavy atom. The third-order valence-corrected chi connectivity index (χ3v) is 3.37. The van der Waals surface area contributed by atoms with Crippen molar-refractivity contribution in [1.29, 1.82) is 0 Å². The zero-order valence-corrected chi connectivity index (χ0v) is 10.9. The molecule has 9 heteroatoms. The number of benzene rings is 1. The van der Waals surface area contributed by atoms with Crippen molar-refractivity contribution < 1.29 is 32.0 Å². The van der Waals surface area contributed by atoms with Gasteiger partial charge in [-0.2, -0.15) is 0 Å². The van der Waals surface area contributed by atoms with E-state index in [9.17, 15) is 37.2 Å². The minimum absolute atomic E-state index is 0.00357. The molecule has 1 aromatic rings. The Morgan fingerprint density at radius 1 is 1.18 bits per heavy atom. The van der Waals surface area contributed by atoms with Crippen molar-refractivity contribution in [3.05, 3.63) is 63.0 Å². The van der Waals surface area contributed by atoms with Crippen LogP contribution in [-0.4, -0.2) is 21.7 Å². The van der Waals surface area contributed by atoms with Crippen molar-refractivity contribution in [3.63, 3.8) is 0 Å². The highest BCUT2D eigenvalue weighted by molar-refractivity contribution is 5.80. The molecular formula is C13H8F5NO3. The number of allylic oxidation sites excluding steroid dienone is 2. The van der Waals surface area contributed by atoms with Crippen LogP contribution in [0.15, 0.2) is 24.0 Å². The Kier molecular flexibility index (Phi) is 3.78. The Bertz CT molecular complexity index is 731. The van der Waals surface area contributed by atoms with E-state index in [0.29, 0.717) is 12.2 Å². The van der Waals surface area contributed by atoms with Gasteiger partial charge in [0.1, 0.15) is 17.7 Å². The number of rotatable bonds is 2. The van der Waals surface area contributed by atoms with Gasteiger partial charge >= 0.3 is 0 Å². The van der Waals surface area contributed by atoms with Gasteiger partial charge in [-0.05, 0) is 6.08 Å². The predicted octanol–water partition coefficient (Wildman–Crippen LogP) is 2.89. The second-order valence-corrected chi connectivity index (χ2v) is 4.84. The maximum absolute atomic E-state index is 13.8. The van der Waals surface area contributed by atoms with E-state index in [1.54, 1.807) is 0 Å². The van der Waals surface area contributed by atoms with Gasteiger partial charge in [0, 0.05) is 29.6 Å². The van der Waals surface area contributed by atoms with Crippen LogP contribution >= 0.6 is 0 Å². The normalized spacial score (nSPS) is 24.8. The van der Waals surface area contributed by atoms with Crippen LogP contribution in [-0.2, 0) is 0 Å². The van der Waals surface area contributed by atoms with Crippen LogP contribution in [0.2, 0.25) is 0 Å². The number of hydrogen-bond donors (Lipinski definition) is 1. The van der Waals surface area contributed by atoms with E-state index in [2.05, 4.69) is 0 Å². The molecule has 2 atom stereocenters. The number of aliphatic hydroxyl groups excluding tert-OH is 1. The summed E-state index contributed by atoms with van der Waals surface area (Å²) in [5.74, 6) is -8.91. The zero-order valence-electron chi connectivity index (χ0n) is 10.9. The molecule has 0 saturated carbocycles. The fourth-order valence-corrected chi connectivity index (χ4v) is 2.01. The number of halogens is 5. The SMILES string of the molecule is CC1([N+](=O)[O-])C=C(c2c(F)cc(F)c(F)c2F)C(F)=CC1O. The van der Waals surface area contributed by atoms with Gasteiger partial charge in [-0.3, -0.25) is 10.1 Å². The summed E-state index contributed by atoms with van der Waals surface area (Å²) in [6.45, 7) is 0.885. The molecule has 0 amide bonds. The summed E-state index contributed by atoms with van der Waals surface area (Å²) < 4.78 is 67.3. The molecule has 118 valence electrons. The standard InChI is InChI=1S/C13H8F5NO3/c1-13(19(21)22)4-5(6(14)3-9(13)20)10-7(15)2-8(16)11(17)12(10)18/h2-4,9,20H,1H3. The van der Waals surface area contributed by atoms with E-state index in [1.807, 2.05) is 0 Å². The lowest BCUT2D eigenvalue weighted by Gasteiger charge is -2.26. The topological polar surface area (TPSA) is 63.4 Å². The van der Waals surface area contributed by atoms with Gasteiger partial charge in [0.25, 0.3) is 5.54 Å². The first kappa shape index (κ1) is 16.1. The van der Waals surface area contributed by atoms with Crippen LogP contribution in [0.5, 0.6) is 0 Å². The van der Waals surface area contributed by atoms with Crippen LogP contribution in [0.3, 0.4) is 0 Å². The van der Waals surface area contributed by atoms with E-state index >= 15 is 0 Å². The largest absolute Gasteiger partial charge is 0.381 e. The molecule has 0 aromatic heterocycles. The van der Waals surface area contributed by atoms with Crippen molar-refractivity contribution >= 4 is 5.57 Å². The van der Waals surface area contributed by atoms with Crippen molar-refractivity contribution in [2.75, 3.05) is 0 Å². The van der Waals surface area contributed by atoms with Crippen molar-refractivity contribution in [3.8, 4) is 0 Å². The molecular weight excluding hydrogens is 313 g/mol. The molecule has 22 heavy (non-hydrogen) atoms. The minimum Gasteiger partial charge on any atom is -0.381 e. The molecule has 1 N–H and O–H groups in total. The molecule has 0 heterocycles. The van der Waals surface area contributed by atoms with Crippen LogP contribution in [0, 0.1) is 33.4 Å². The average Bonchev–Trinajstić information content (AvgIpc) is 2.41. The average molecular weight is 321 g/mol. The fraction of sp³-hybridized carbons (Fsp3) is 0.231. The van der Waals surface area contributed by atoms with Gasteiger partial charge < -0.3 is 5.11 Å². The highest BCUT2D eigenvalue weighted by atomic mass is 19.2. The summed E-state index contributed by atoms with van der Waals surface area (Å²) in [7, 11) is 0. The maximum Gasteiger partial charge on any atom is 0.267 e.